The first-order valence-corrected chi connectivity index (χ1v) is 5.73. The van der Waals surface area contributed by atoms with E-state index < -0.39 is 5.97 Å². The average Bonchev–Trinajstić information content (AvgIpc) is 2.70. The second-order valence-electron chi connectivity index (χ2n) is 4.27. The first-order chi connectivity index (χ1) is 8.99. The fourth-order valence-corrected chi connectivity index (χ4v) is 1.79. The van der Waals surface area contributed by atoms with Gasteiger partial charge in [-0.05, 0) is 24.6 Å². The van der Waals surface area contributed by atoms with E-state index in [-0.39, 0.29) is 17.9 Å². The molecule has 2 aromatic rings. The number of anilines is 1. The summed E-state index contributed by atoms with van der Waals surface area (Å²) in [4.78, 5) is 11.0. The lowest BCUT2D eigenvalue weighted by atomic mass is 10.2. The summed E-state index contributed by atoms with van der Waals surface area (Å²) in [6.45, 7) is 1.99. The third-order valence-corrected chi connectivity index (χ3v) is 2.86. The van der Waals surface area contributed by atoms with Crippen molar-refractivity contribution in [2.24, 2.45) is 7.05 Å². The van der Waals surface area contributed by atoms with E-state index in [1.54, 1.807) is 26.1 Å². The van der Waals surface area contributed by atoms with Crippen LogP contribution in [0, 0.1) is 12.7 Å². The molecule has 1 aromatic heterocycles. The minimum absolute atomic E-state index is 0.113. The maximum atomic E-state index is 13.6. The van der Waals surface area contributed by atoms with Crippen LogP contribution in [-0.4, -0.2) is 20.9 Å². The molecule has 2 N–H and O–H groups in total. The standard InChI is InChI=1S/C13H14FN3O2/c1-8-3-4-11(10(14)5-8)15-7-12-9(13(18)19)6-16-17(12)2/h3-6,15H,7H2,1-2H3,(H,18,19). The Morgan fingerprint density at radius 1 is 1.53 bits per heavy atom. The molecule has 0 bridgehead atoms. The van der Waals surface area contributed by atoms with E-state index in [1.165, 1.54) is 16.9 Å². The number of carboxylic acid groups (broad SMARTS) is 1. The Hall–Kier alpha value is -2.37. The van der Waals surface area contributed by atoms with Crippen molar-refractivity contribution in [2.45, 2.75) is 13.5 Å². The Labute approximate surface area is 109 Å². The third-order valence-electron chi connectivity index (χ3n) is 2.86. The van der Waals surface area contributed by atoms with Gasteiger partial charge in [0.2, 0.25) is 0 Å². The number of carbonyl (C=O) groups is 1. The van der Waals surface area contributed by atoms with Gasteiger partial charge in [0.15, 0.2) is 0 Å². The van der Waals surface area contributed by atoms with E-state index in [0.29, 0.717) is 11.4 Å². The number of aryl methyl sites for hydroxylation is 2. The topological polar surface area (TPSA) is 67.2 Å². The van der Waals surface area contributed by atoms with Crippen molar-refractivity contribution in [2.75, 3.05) is 5.32 Å². The van der Waals surface area contributed by atoms with E-state index in [2.05, 4.69) is 10.4 Å². The highest BCUT2D eigenvalue weighted by Crippen LogP contribution is 2.17. The second-order valence-corrected chi connectivity index (χ2v) is 4.27. The maximum absolute atomic E-state index is 13.6. The van der Waals surface area contributed by atoms with Crippen molar-refractivity contribution >= 4 is 11.7 Å². The lowest BCUT2D eigenvalue weighted by Crippen LogP contribution is -2.10. The van der Waals surface area contributed by atoms with Crippen molar-refractivity contribution < 1.29 is 14.3 Å². The Bertz CT molecular complexity index is 622. The predicted molar refractivity (Wildman–Crippen MR) is 68.6 cm³/mol. The molecule has 0 aliphatic rings. The molecule has 0 atom stereocenters. The Morgan fingerprint density at radius 3 is 2.89 bits per heavy atom. The maximum Gasteiger partial charge on any atom is 0.339 e. The van der Waals surface area contributed by atoms with Gasteiger partial charge in [-0.3, -0.25) is 4.68 Å². The number of benzene rings is 1. The van der Waals surface area contributed by atoms with Crippen LogP contribution < -0.4 is 5.32 Å². The molecule has 19 heavy (non-hydrogen) atoms. The lowest BCUT2D eigenvalue weighted by molar-refractivity contribution is 0.0695. The number of hydrogen-bond donors (Lipinski definition) is 2. The molecule has 0 amide bonds. The van der Waals surface area contributed by atoms with Gasteiger partial charge in [-0.25, -0.2) is 9.18 Å². The molecule has 100 valence electrons. The van der Waals surface area contributed by atoms with Crippen molar-refractivity contribution in [3.05, 3.63) is 47.0 Å². The van der Waals surface area contributed by atoms with Gasteiger partial charge in [-0.2, -0.15) is 5.10 Å². The summed E-state index contributed by atoms with van der Waals surface area (Å²) in [5.41, 5.74) is 1.77. The molecule has 0 radical (unpaired) electrons. The molecule has 6 heteroatoms. The molecule has 5 nitrogen and oxygen atoms in total. The molecular weight excluding hydrogens is 249 g/mol. The molecule has 0 fully saturated rings. The minimum Gasteiger partial charge on any atom is -0.478 e. The predicted octanol–water partition coefficient (Wildman–Crippen LogP) is 2.18. The highest BCUT2D eigenvalue weighted by Gasteiger charge is 2.15. The highest BCUT2D eigenvalue weighted by atomic mass is 19.1. The van der Waals surface area contributed by atoms with E-state index in [9.17, 15) is 9.18 Å². The van der Waals surface area contributed by atoms with Gasteiger partial charge in [0.05, 0.1) is 24.1 Å². The Balaban J connectivity index is 2.19. The summed E-state index contributed by atoms with van der Waals surface area (Å²) >= 11 is 0. The number of nitrogens with one attached hydrogen (secondary N) is 1. The van der Waals surface area contributed by atoms with E-state index in [1.807, 2.05) is 0 Å². The van der Waals surface area contributed by atoms with Crippen LogP contribution in [0.4, 0.5) is 10.1 Å². The monoisotopic (exact) mass is 263 g/mol. The van der Waals surface area contributed by atoms with Crippen LogP contribution in [0.1, 0.15) is 21.6 Å². The number of carboxylic acids is 1. The molecule has 1 heterocycles. The Morgan fingerprint density at radius 2 is 2.26 bits per heavy atom. The highest BCUT2D eigenvalue weighted by molar-refractivity contribution is 5.88. The molecule has 0 aliphatic carbocycles. The van der Waals surface area contributed by atoms with Crippen molar-refractivity contribution in [3.63, 3.8) is 0 Å². The first kappa shape index (κ1) is 13.1. The molecule has 0 saturated carbocycles. The average molecular weight is 263 g/mol. The summed E-state index contributed by atoms with van der Waals surface area (Å²) in [7, 11) is 1.65. The number of hydrogen-bond acceptors (Lipinski definition) is 3. The number of halogens is 1. The minimum atomic E-state index is -1.05. The largest absolute Gasteiger partial charge is 0.478 e. The molecule has 1 aromatic carbocycles. The normalized spacial score (nSPS) is 10.5. The summed E-state index contributed by atoms with van der Waals surface area (Å²) in [5, 5.41) is 15.8. The van der Waals surface area contributed by atoms with Crippen molar-refractivity contribution in [1.82, 2.24) is 9.78 Å². The van der Waals surface area contributed by atoms with Crippen LogP contribution in [-0.2, 0) is 13.6 Å². The summed E-state index contributed by atoms with van der Waals surface area (Å²) in [6, 6.07) is 4.83. The summed E-state index contributed by atoms with van der Waals surface area (Å²) < 4.78 is 15.1. The van der Waals surface area contributed by atoms with Gasteiger partial charge >= 0.3 is 5.97 Å². The lowest BCUT2D eigenvalue weighted by Gasteiger charge is -2.09. The number of nitrogens with zero attached hydrogens (tertiary/aromatic N) is 2. The van der Waals surface area contributed by atoms with E-state index in [0.717, 1.165) is 5.56 Å². The van der Waals surface area contributed by atoms with Crippen LogP contribution in [0.2, 0.25) is 0 Å². The smallest absolute Gasteiger partial charge is 0.339 e. The van der Waals surface area contributed by atoms with Crippen LogP contribution in [0.3, 0.4) is 0 Å². The van der Waals surface area contributed by atoms with Crippen molar-refractivity contribution in [1.29, 1.82) is 0 Å². The van der Waals surface area contributed by atoms with Crippen LogP contribution >= 0.6 is 0 Å². The van der Waals surface area contributed by atoms with E-state index in [4.69, 9.17) is 5.11 Å². The van der Waals surface area contributed by atoms with Crippen LogP contribution in [0.25, 0.3) is 0 Å². The SMILES string of the molecule is Cc1ccc(NCc2c(C(=O)O)cnn2C)c(F)c1. The quantitative estimate of drug-likeness (QED) is 0.887. The molecule has 0 saturated heterocycles. The van der Waals surface area contributed by atoms with Gasteiger partial charge in [-0.15, -0.1) is 0 Å². The van der Waals surface area contributed by atoms with Crippen LogP contribution in [0.5, 0.6) is 0 Å². The molecule has 0 unspecified atom stereocenters. The van der Waals surface area contributed by atoms with Gasteiger partial charge in [0.25, 0.3) is 0 Å². The zero-order chi connectivity index (χ0) is 14.0. The zero-order valence-corrected chi connectivity index (χ0v) is 10.6. The molecule has 2 rings (SSSR count). The third kappa shape index (κ3) is 2.73. The van der Waals surface area contributed by atoms with Crippen molar-refractivity contribution in [3.8, 4) is 0 Å². The zero-order valence-electron chi connectivity index (χ0n) is 10.6. The van der Waals surface area contributed by atoms with Gasteiger partial charge in [0, 0.05) is 7.05 Å². The fourth-order valence-electron chi connectivity index (χ4n) is 1.79. The summed E-state index contributed by atoms with van der Waals surface area (Å²) in [5.74, 6) is -1.41. The fraction of sp³-hybridized carbons (Fsp3) is 0.231. The van der Waals surface area contributed by atoms with Gasteiger partial charge in [-0.1, -0.05) is 6.07 Å². The molecule has 0 aliphatic heterocycles. The second kappa shape index (κ2) is 5.09. The molecular formula is C13H14FN3O2. The van der Waals surface area contributed by atoms with Crippen LogP contribution in [0.15, 0.2) is 24.4 Å². The number of aromatic nitrogens is 2. The first-order valence-electron chi connectivity index (χ1n) is 5.73. The van der Waals surface area contributed by atoms with E-state index >= 15 is 0 Å². The Kier molecular flexibility index (Phi) is 3.50. The summed E-state index contributed by atoms with van der Waals surface area (Å²) in [6.07, 6.45) is 1.28. The number of rotatable bonds is 4. The van der Waals surface area contributed by atoms with Gasteiger partial charge in [0.1, 0.15) is 11.4 Å². The number of aromatic carboxylic acids is 1. The molecule has 0 spiro atoms. The van der Waals surface area contributed by atoms with Gasteiger partial charge < -0.3 is 10.4 Å².